The first-order chi connectivity index (χ1) is 14.7. The average Bonchev–Trinajstić information content (AvgIpc) is 2.63. The molecule has 0 saturated heterocycles. The molecule has 0 fully saturated rings. The lowest BCUT2D eigenvalue weighted by molar-refractivity contribution is 0.0754. The van der Waals surface area contributed by atoms with E-state index in [4.69, 9.17) is 29.5 Å². The van der Waals surface area contributed by atoms with Crippen LogP contribution in [-0.4, -0.2) is 74.8 Å². The van der Waals surface area contributed by atoms with Gasteiger partial charge in [-0.1, -0.05) is 62.3 Å². The van der Waals surface area contributed by atoms with Crippen LogP contribution < -0.4 is 0 Å². The van der Waals surface area contributed by atoms with Crippen molar-refractivity contribution < 1.29 is 29.5 Å². The van der Waals surface area contributed by atoms with Crippen LogP contribution >= 0.6 is 0 Å². The van der Waals surface area contributed by atoms with Gasteiger partial charge in [0.1, 0.15) is 0 Å². The number of aliphatic hydroxyl groups is 3. The molecule has 198 valence electrons. The smallest absolute Gasteiger partial charge is 0.0697 e. The van der Waals surface area contributed by atoms with Crippen molar-refractivity contribution in [1.82, 2.24) is 0 Å². The lowest BCUT2D eigenvalue weighted by Gasteiger charge is -2.17. The van der Waals surface area contributed by atoms with E-state index in [0.717, 1.165) is 45.5 Å². The maximum Gasteiger partial charge on any atom is 0.0697 e. The second kappa shape index (κ2) is 22.5. The number of hydrogen-bond donors (Lipinski definition) is 3. The molecule has 6 heteroatoms. The zero-order valence-corrected chi connectivity index (χ0v) is 23.0. The largest absolute Gasteiger partial charge is 0.396 e. The van der Waals surface area contributed by atoms with Gasteiger partial charge in [-0.25, -0.2) is 0 Å². The van der Waals surface area contributed by atoms with E-state index < -0.39 is 0 Å². The fraction of sp³-hybridized carbons (Fsp3) is 1.00. The summed E-state index contributed by atoms with van der Waals surface area (Å²) in [5.41, 5.74) is 1.11. The van der Waals surface area contributed by atoms with Gasteiger partial charge < -0.3 is 29.5 Å². The van der Waals surface area contributed by atoms with Crippen molar-refractivity contribution in [3.8, 4) is 0 Å². The van der Waals surface area contributed by atoms with Crippen molar-refractivity contribution in [1.29, 1.82) is 0 Å². The highest BCUT2D eigenvalue weighted by molar-refractivity contribution is 4.61. The zero-order chi connectivity index (χ0) is 25.5. The second-order valence-corrected chi connectivity index (χ2v) is 11.6. The molecule has 0 amide bonds. The van der Waals surface area contributed by atoms with Crippen molar-refractivity contribution in [3.63, 3.8) is 0 Å². The Balaban J connectivity index is -0.000000395. The minimum absolute atomic E-state index is 0.129. The molecule has 0 atom stereocenters. The summed E-state index contributed by atoms with van der Waals surface area (Å²) >= 11 is 0. The number of hydrogen-bond acceptors (Lipinski definition) is 6. The molecule has 0 bridgehead atoms. The standard InChI is InChI=1S/2C9H20O2.C8H18O2/c1-9(2,3)5-8-11-7-4-6-10;1-9(2,3)5-4-7-11-8-6-10;1-8(2,3)4-6-10-7-5-9/h2*10H,4-8H2,1-3H3;9H,4-7H2,1-3H3. The molecular weight excluding hydrogens is 408 g/mol. The normalized spacial score (nSPS) is 12.0. The minimum atomic E-state index is 0.129. The Hall–Kier alpha value is -0.240. The lowest BCUT2D eigenvalue weighted by atomic mass is 9.91. The molecule has 3 N–H and O–H groups in total. The Labute approximate surface area is 200 Å². The molecule has 0 spiro atoms. The van der Waals surface area contributed by atoms with E-state index in [-0.39, 0.29) is 19.8 Å². The van der Waals surface area contributed by atoms with Crippen LogP contribution in [0.4, 0.5) is 0 Å². The Bertz CT molecular complexity index is 329. The first kappa shape index (κ1) is 36.3. The Morgan fingerprint density at radius 2 is 0.750 bits per heavy atom. The second-order valence-electron chi connectivity index (χ2n) is 11.6. The molecule has 0 saturated carbocycles. The molecule has 0 radical (unpaired) electrons. The van der Waals surface area contributed by atoms with Gasteiger partial charge in [0.15, 0.2) is 0 Å². The van der Waals surface area contributed by atoms with Gasteiger partial charge in [-0.2, -0.15) is 0 Å². The van der Waals surface area contributed by atoms with Gasteiger partial charge in [0.05, 0.1) is 26.4 Å². The summed E-state index contributed by atoms with van der Waals surface area (Å²) in [6.07, 6.45) is 5.15. The topological polar surface area (TPSA) is 88.4 Å². The predicted octanol–water partition coefficient (Wildman–Crippen LogP) is 5.07. The van der Waals surface area contributed by atoms with Crippen molar-refractivity contribution in [3.05, 3.63) is 0 Å². The van der Waals surface area contributed by atoms with Crippen molar-refractivity contribution in [2.24, 2.45) is 16.2 Å². The minimum Gasteiger partial charge on any atom is -0.396 e. The van der Waals surface area contributed by atoms with Gasteiger partial charge in [-0.15, -0.1) is 0 Å². The predicted molar refractivity (Wildman–Crippen MR) is 135 cm³/mol. The van der Waals surface area contributed by atoms with E-state index in [2.05, 4.69) is 62.3 Å². The van der Waals surface area contributed by atoms with Gasteiger partial charge >= 0.3 is 0 Å². The van der Waals surface area contributed by atoms with Gasteiger partial charge in [0.2, 0.25) is 0 Å². The highest BCUT2D eigenvalue weighted by atomic mass is 16.5. The van der Waals surface area contributed by atoms with Crippen LogP contribution in [0.25, 0.3) is 0 Å². The number of rotatable bonds is 14. The van der Waals surface area contributed by atoms with Gasteiger partial charge in [-0.3, -0.25) is 0 Å². The van der Waals surface area contributed by atoms with Crippen molar-refractivity contribution in [2.75, 3.05) is 59.5 Å². The molecule has 0 rings (SSSR count). The van der Waals surface area contributed by atoms with Crippen LogP contribution in [0.15, 0.2) is 0 Å². The first-order valence-corrected chi connectivity index (χ1v) is 12.2. The Morgan fingerprint density at radius 3 is 1.09 bits per heavy atom. The highest BCUT2D eigenvalue weighted by Crippen LogP contribution is 2.20. The summed E-state index contributed by atoms with van der Waals surface area (Å²) in [5.74, 6) is 0. The quantitative estimate of drug-likeness (QED) is 0.310. The third-order valence-electron chi connectivity index (χ3n) is 4.13. The summed E-state index contributed by atoms with van der Waals surface area (Å²) < 4.78 is 15.5. The molecule has 0 unspecified atom stereocenters. The summed E-state index contributed by atoms with van der Waals surface area (Å²) in [6.45, 7) is 24.2. The molecular formula is C26H58O6. The molecule has 0 heterocycles. The molecule has 0 aromatic heterocycles. The van der Waals surface area contributed by atoms with Gasteiger partial charge in [0.25, 0.3) is 0 Å². The van der Waals surface area contributed by atoms with Crippen LogP contribution in [0, 0.1) is 16.2 Å². The van der Waals surface area contributed by atoms with Crippen LogP contribution in [0.5, 0.6) is 0 Å². The van der Waals surface area contributed by atoms with Crippen LogP contribution in [0.1, 0.15) is 94.4 Å². The number of ether oxygens (including phenoxy) is 3. The summed E-state index contributed by atoms with van der Waals surface area (Å²) in [5, 5.41) is 25.2. The zero-order valence-electron chi connectivity index (χ0n) is 23.0. The van der Waals surface area contributed by atoms with E-state index in [1.807, 2.05) is 0 Å². The SMILES string of the molecule is CC(C)(C)CCCOCCO.CC(C)(C)CCOCCCO.CC(C)(C)CCOCCO. The molecule has 0 aliphatic heterocycles. The van der Waals surface area contributed by atoms with E-state index in [1.54, 1.807) is 0 Å². The summed E-state index contributed by atoms with van der Waals surface area (Å²) in [7, 11) is 0. The van der Waals surface area contributed by atoms with E-state index in [1.165, 1.54) is 6.42 Å². The van der Waals surface area contributed by atoms with Crippen LogP contribution in [0.2, 0.25) is 0 Å². The Kier molecular flexibility index (Phi) is 25.6. The lowest BCUT2D eigenvalue weighted by Crippen LogP contribution is -2.10. The molecule has 6 nitrogen and oxygen atoms in total. The van der Waals surface area contributed by atoms with Crippen LogP contribution in [0.3, 0.4) is 0 Å². The fourth-order valence-corrected chi connectivity index (χ4v) is 2.06. The third-order valence-corrected chi connectivity index (χ3v) is 4.13. The molecule has 32 heavy (non-hydrogen) atoms. The molecule has 0 aliphatic rings. The van der Waals surface area contributed by atoms with E-state index >= 15 is 0 Å². The van der Waals surface area contributed by atoms with Gasteiger partial charge in [0, 0.05) is 33.0 Å². The summed E-state index contributed by atoms with van der Waals surface area (Å²) in [4.78, 5) is 0. The molecule has 0 aromatic rings. The fourth-order valence-electron chi connectivity index (χ4n) is 2.06. The Morgan fingerprint density at radius 1 is 0.406 bits per heavy atom. The van der Waals surface area contributed by atoms with Crippen LogP contribution in [-0.2, 0) is 14.2 Å². The molecule has 0 aliphatic carbocycles. The van der Waals surface area contributed by atoms with Crippen molar-refractivity contribution in [2.45, 2.75) is 94.4 Å². The van der Waals surface area contributed by atoms with E-state index in [0.29, 0.717) is 36.1 Å². The summed E-state index contributed by atoms with van der Waals surface area (Å²) in [6, 6.07) is 0. The van der Waals surface area contributed by atoms with E-state index in [9.17, 15) is 0 Å². The third kappa shape index (κ3) is 47.5. The highest BCUT2D eigenvalue weighted by Gasteiger charge is 2.10. The maximum atomic E-state index is 8.45. The first-order valence-electron chi connectivity index (χ1n) is 12.2. The average molecular weight is 467 g/mol. The van der Waals surface area contributed by atoms with Crippen molar-refractivity contribution >= 4 is 0 Å². The van der Waals surface area contributed by atoms with Gasteiger partial charge in [-0.05, 0) is 48.3 Å². The monoisotopic (exact) mass is 466 g/mol. The molecule has 0 aromatic carbocycles. The number of aliphatic hydroxyl groups excluding tert-OH is 3. The maximum absolute atomic E-state index is 8.45.